The van der Waals surface area contributed by atoms with E-state index < -0.39 is 15.0 Å². The van der Waals surface area contributed by atoms with Crippen molar-refractivity contribution in [1.29, 1.82) is 0 Å². The first-order valence-corrected chi connectivity index (χ1v) is 7.24. The molecule has 0 atom stereocenters. The Morgan fingerprint density at radius 3 is 2.60 bits per heavy atom. The monoisotopic (exact) mass is 268 g/mol. The molecule has 0 aliphatic carbocycles. The predicted molar refractivity (Wildman–Crippen MR) is 58.1 cm³/mol. The molecule has 15 heavy (non-hydrogen) atoms. The van der Waals surface area contributed by atoms with Gasteiger partial charge in [0.25, 0.3) is 9.05 Å². The molecule has 0 N–H and O–H groups in total. The van der Waals surface area contributed by atoms with E-state index in [0.29, 0.717) is 12.0 Å². The highest BCUT2D eigenvalue weighted by Gasteiger charge is 2.26. The van der Waals surface area contributed by atoms with Crippen LogP contribution in [0.3, 0.4) is 0 Å². The minimum atomic E-state index is -3.91. The van der Waals surface area contributed by atoms with Gasteiger partial charge in [-0.25, -0.2) is 13.2 Å². The van der Waals surface area contributed by atoms with Crippen molar-refractivity contribution in [3.8, 4) is 0 Å². The van der Waals surface area contributed by atoms with Gasteiger partial charge in [0.15, 0.2) is 0 Å². The van der Waals surface area contributed by atoms with Gasteiger partial charge in [0.2, 0.25) is 0 Å². The molecule has 84 valence electrons. The van der Waals surface area contributed by atoms with E-state index in [2.05, 4.69) is 4.74 Å². The molecule has 0 aliphatic rings. The summed E-state index contributed by atoms with van der Waals surface area (Å²) in [5.41, 5.74) is 0.537. The fourth-order valence-corrected chi connectivity index (χ4v) is 4.13. The maximum atomic E-state index is 11.3. The Bertz CT molecular complexity index is 475. The molecule has 0 bridgehead atoms. The maximum Gasteiger partial charge on any atom is 0.349 e. The number of halogens is 1. The van der Waals surface area contributed by atoms with Crippen molar-refractivity contribution < 1.29 is 17.9 Å². The molecule has 0 saturated heterocycles. The van der Waals surface area contributed by atoms with Crippen molar-refractivity contribution in [2.45, 2.75) is 18.2 Å². The molecule has 0 saturated carbocycles. The fraction of sp³-hybridized carbons (Fsp3) is 0.375. The van der Waals surface area contributed by atoms with Crippen LogP contribution in [0.1, 0.15) is 22.2 Å². The third-order valence-corrected chi connectivity index (χ3v) is 4.37. The third kappa shape index (κ3) is 2.50. The van der Waals surface area contributed by atoms with E-state index in [-0.39, 0.29) is 9.77 Å². The second-order valence-corrected chi connectivity index (χ2v) is 6.08. The standard InChI is InChI=1S/C8H9ClO4S2/c1-3-5-4-14-6(8(10)13-2)7(5)15(9,11)12/h4H,3H2,1-2H3. The summed E-state index contributed by atoms with van der Waals surface area (Å²) in [6.45, 7) is 1.79. The van der Waals surface area contributed by atoms with Gasteiger partial charge in [0, 0.05) is 10.7 Å². The van der Waals surface area contributed by atoms with Crippen molar-refractivity contribution in [3.63, 3.8) is 0 Å². The molecule has 0 amide bonds. The summed E-state index contributed by atoms with van der Waals surface area (Å²) in [5, 5.41) is 1.60. The van der Waals surface area contributed by atoms with E-state index in [1.54, 1.807) is 12.3 Å². The lowest BCUT2D eigenvalue weighted by atomic mass is 10.2. The number of hydrogen-bond acceptors (Lipinski definition) is 5. The van der Waals surface area contributed by atoms with Gasteiger partial charge in [-0.2, -0.15) is 0 Å². The van der Waals surface area contributed by atoms with Gasteiger partial charge in [0.05, 0.1) is 7.11 Å². The number of thiophene rings is 1. The zero-order chi connectivity index (χ0) is 11.6. The second-order valence-electron chi connectivity index (χ2n) is 2.70. The average Bonchev–Trinajstić information content (AvgIpc) is 2.59. The van der Waals surface area contributed by atoms with Crippen LogP contribution in [0.25, 0.3) is 0 Å². The number of carbonyl (C=O) groups is 1. The summed E-state index contributed by atoms with van der Waals surface area (Å²) in [6, 6.07) is 0. The average molecular weight is 269 g/mol. The first kappa shape index (κ1) is 12.5. The van der Waals surface area contributed by atoms with E-state index in [9.17, 15) is 13.2 Å². The van der Waals surface area contributed by atoms with Crippen LogP contribution >= 0.6 is 22.0 Å². The molecule has 0 radical (unpaired) electrons. The number of esters is 1. The summed E-state index contributed by atoms with van der Waals surface area (Å²) in [4.78, 5) is 11.2. The molecule has 0 unspecified atom stereocenters. The van der Waals surface area contributed by atoms with E-state index in [1.165, 1.54) is 7.11 Å². The van der Waals surface area contributed by atoms with Gasteiger partial charge in [-0.05, 0) is 17.4 Å². The minimum absolute atomic E-state index is 0.0318. The SMILES string of the molecule is CCc1csc(C(=O)OC)c1S(=O)(=O)Cl. The van der Waals surface area contributed by atoms with Crippen LogP contribution in [0, 0.1) is 0 Å². The lowest BCUT2D eigenvalue weighted by Gasteiger charge is -2.00. The van der Waals surface area contributed by atoms with Gasteiger partial charge in [-0.3, -0.25) is 0 Å². The van der Waals surface area contributed by atoms with Crippen molar-refractivity contribution in [3.05, 3.63) is 15.8 Å². The van der Waals surface area contributed by atoms with Crippen LogP contribution in [0.2, 0.25) is 0 Å². The maximum absolute atomic E-state index is 11.3. The summed E-state index contributed by atoms with van der Waals surface area (Å²) >= 11 is 1.02. The molecule has 4 nitrogen and oxygen atoms in total. The molecular formula is C8H9ClO4S2. The van der Waals surface area contributed by atoms with Crippen molar-refractivity contribution in [1.82, 2.24) is 0 Å². The van der Waals surface area contributed by atoms with Crippen LogP contribution in [0.5, 0.6) is 0 Å². The second kappa shape index (κ2) is 4.51. The number of aryl methyl sites for hydroxylation is 1. The summed E-state index contributed by atoms with van der Waals surface area (Å²) in [7, 11) is 2.55. The van der Waals surface area contributed by atoms with Crippen LogP contribution in [0.15, 0.2) is 10.3 Å². The first-order chi connectivity index (χ1) is 6.91. The van der Waals surface area contributed by atoms with Gasteiger partial charge in [-0.1, -0.05) is 6.92 Å². The molecule has 7 heteroatoms. The van der Waals surface area contributed by atoms with Crippen LogP contribution < -0.4 is 0 Å². The van der Waals surface area contributed by atoms with Crippen LogP contribution in [-0.2, 0) is 20.2 Å². The Morgan fingerprint density at radius 2 is 2.20 bits per heavy atom. The number of rotatable bonds is 3. The van der Waals surface area contributed by atoms with E-state index in [4.69, 9.17) is 10.7 Å². The molecule has 1 aromatic heterocycles. The molecule has 0 fully saturated rings. The van der Waals surface area contributed by atoms with E-state index >= 15 is 0 Å². The topological polar surface area (TPSA) is 60.4 Å². The zero-order valence-corrected chi connectivity index (χ0v) is 10.5. The van der Waals surface area contributed by atoms with Crippen LogP contribution in [0.4, 0.5) is 0 Å². The summed E-state index contributed by atoms with van der Waals surface area (Å²) in [6.07, 6.45) is 0.495. The number of methoxy groups -OCH3 is 1. The highest BCUT2D eigenvalue weighted by atomic mass is 35.7. The molecule has 1 aromatic rings. The molecule has 0 spiro atoms. The zero-order valence-electron chi connectivity index (χ0n) is 8.11. The van der Waals surface area contributed by atoms with Gasteiger partial charge in [-0.15, -0.1) is 11.3 Å². The fourth-order valence-electron chi connectivity index (χ4n) is 1.13. The Balaban J connectivity index is 3.43. The van der Waals surface area contributed by atoms with Gasteiger partial charge in [0.1, 0.15) is 9.77 Å². The van der Waals surface area contributed by atoms with E-state index in [0.717, 1.165) is 11.3 Å². The summed E-state index contributed by atoms with van der Waals surface area (Å²) < 4.78 is 27.0. The Kier molecular flexibility index (Phi) is 3.75. The smallest absolute Gasteiger partial charge is 0.349 e. The van der Waals surface area contributed by atoms with E-state index in [1.807, 2.05) is 0 Å². The minimum Gasteiger partial charge on any atom is -0.465 e. The van der Waals surface area contributed by atoms with Crippen molar-refractivity contribution in [2.75, 3.05) is 7.11 Å². The molecule has 0 aliphatic heterocycles. The third-order valence-electron chi connectivity index (χ3n) is 1.81. The predicted octanol–water partition coefficient (Wildman–Crippen LogP) is 2.02. The van der Waals surface area contributed by atoms with Gasteiger partial charge >= 0.3 is 5.97 Å². The first-order valence-electron chi connectivity index (χ1n) is 4.05. The van der Waals surface area contributed by atoms with Gasteiger partial charge < -0.3 is 4.74 Å². The summed E-state index contributed by atoms with van der Waals surface area (Å²) in [5.74, 6) is -0.682. The molecular weight excluding hydrogens is 260 g/mol. The Morgan fingerprint density at radius 1 is 1.60 bits per heavy atom. The largest absolute Gasteiger partial charge is 0.465 e. The number of ether oxygens (including phenoxy) is 1. The Hall–Kier alpha value is -0.590. The quantitative estimate of drug-likeness (QED) is 0.622. The number of hydrogen-bond donors (Lipinski definition) is 0. The molecule has 0 aromatic carbocycles. The lowest BCUT2D eigenvalue weighted by molar-refractivity contribution is 0.0602. The molecule has 1 heterocycles. The van der Waals surface area contributed by atoms with Crippen molar-refractivity contribution >= 4 is 37.0 Å². The normalized spacial score (nSPS) is 11.4. The van der Waals surface area contributed by atoms with Crippen molar-refractivity contribution in [2.24, 2.45) is 0 Å². The lowest BCUT2D eigenvalue weighted by Crippen LogP contribution is -2.05. The Labute approximate surface area is 96.2 Å². The molecule has 1 rings (SSSR count). The highest BCUT2D eigenvalue weighted by Crippen LogP contribution is 2.30. The number of carbonyl (C=O) groups excluding carboxylic acids is 1. The van der Waals surface area contributed by atoms with Crippen LogP contribution in [-0.4, -0.2) is 21.5 Å². The highest BCUT2D eigenvalue weighted by molar-refractivity contribution is 8.14.